The standard InChI is InChI=1S/C11H15ClNO2/c1-13(2,3)10-7-5-4-6-9(10)11(14)15-8-12/h4-7H,8H2,1-3H3/q+1. The summed E-state index contributed by atoms with van der Waals surface area (Å²) in [5, 5.41) is 0. The molecule has 0 spiro atoms. The minimum absolute atomic E-state index is 0.121. The number of para-hydroxylation sites is 1. The van der Waals surface area contributed by atoms with Crippen LogP contribution < -0.4 is 4.48 Å². The van der Waals surface area contributed by atoms with Crippen molar-refractivity contribution in [3.8, 4) is 0 Å². The third kappa shape index (κ3) is 2.94. The average Bonchev–Trinajstić information content (AvgIpc) is 2.17. The molecule has 0 bridgehead atoms. The Hall–Kier alpha value is -1.06. The molecule has 82 valence electrons. The number of esters is 1. The zero-order chi connectivity index (χ0) is 11.5. The van der Waals surface area contributed by atoms with Gasteiger partial charge in [-0.2, -0.15) is 0 Å². The number of carbonyl (C=O) groups excluding carboxylic acids is 1. The van der Waals surface area contributed by atoms with Gasteiger partial charge in [0.2, 0.25) is 0 Å². The molecule has 0 atom stereocenters. The van der Waals surface area contributed by atoms with Crippen molar-refractivity contribution in [1.29, 1.82) is 0 Å². The number of quaternary nitrogens is 1. The fourth-order valence-corrected chi connectivity index (χ4v) is 1.46. The number of alkyl halides is 1. The van der Waals surface area contributed by atoms with Gasteiger partial charge in [0, 0.05) is 6.07 Å². The molecule has 0 radical (unpaired) electrons. The maximum atomic E-state index is 11.6. The fourth-order valence-electron chi connectivity index (χ4n) is 1.36. The molecule has 4 heteroatoms. The number of hydrogen-bond donors (Lipinski definition) is 0. The molecule has 15 heavy (non-hydrogen) atoms. The number of nitrogens with zero attached hydrogens (tertiary/aromatic N) is 1. The summed E-state index contributed by atoms with van der Waals surface area (Å²) in [6.07, 6.45) is 0. The molecule has 3 nitrogen and oxygen atoms in total. The lowest BCUT2D eigenvalue weighted by molar-refractivity contribution is 0.0573. The molecule has 0 saturated carbocycles. The van der Waals surface area contributed by atoms with Crippen LogP contribution in [-0.4, -0.2) is 33.2 Å². The van der Waals surface area contributed by atoms with Gasteiger partial charge in [-0.15, -0.1) is 0 Å². The lowest BCUT2D eigenvalue weighted by Crippen LogP contribution is -2.36. The van der Waals surface area contributed by atoms with Gasteiger partial charge in [-0.25, -0.2) is 4.79 Å². The van der Waals surface area contributed by atoms with Gasteiger partial charge in [-0.1, -0.05) is 23.7 Å². The van der Waals surface area contributed by atoms with Crippen molar-refractivity contribution in [3.05, 3.63) is 29.8 Å². The van der Waals surface area contributed by atoms with E-state index in [1.54, 1.807) is 6.07 Å². The summed E-state index contributed by atoms with van der Waals surface area (Å²) in [5.74, 6) is -0.381. The Bertz CT molecular complexity index is 358. The fraction of sp³-hybridized carbons (Fsp3) is 0.364. The summed E-state index contributed by atoms with van der Waals surface area (Å²) in [4.78, 5) is 11.6. The molecule has 0 unspecified atom stereocenters. The van der Waals surface area contributed by atoms with Crippen LogP contribution in [0.1, 0.15) is 10.4 Å². The predicted octanol–water partition coefficient (Wildman–Crippen LogP) is 2.24. The largest absolute Gasteiger partial charge is 0.446 e. The zero-order valence-corrected chi connectivity index (χ0v) is 9.91. The average molecular weight is 229 g/mol. The molecule has 1 aromatic rings. The number of hydrogen-bond acceptors (Lipinski definition) is 2. The van der Waals surface area contributed by atoms with E-state index in [-0.39, 0.29) is 12.0 Å². The maximum absolute atomic E-state index is 11.6. The molecule has 0 aromatic heterocycles. The minimum atomic E-state index is -0.381. The van der Waals surface area contributed by atoms with E-state index in [1.807, 2.05) is 39.3 Å². The van der Waals surface area contributed by atoms with Gasteiger partial charge in [0.25, 0.3) is 0 Å². The van der Waals surface area contributed by atoms with Gasteiger partial charge in [0.15, 0.2) is 6.07 Å². The van der Waals surface area contributed by atoms with E-state index >= 15 is 0 Å². The third-order valence-electron chi connectivity index (χ3n) is 2.03. The van der Waals surface area contributed by atoms with Gasteiger partial charge in [-0.05, 0) is 6.07 Å². The van der Waals surface area contributed by atoms with Crippen molar-refractivity contribution >= 4 is 23.3 Å². The topological polar surface area (TPSA) is 26.3 Å². The van der Waals surface area contributed by atoms with E-state index in [1.165, 1.54) is 0 Å². The Balaban J connectivity index is 3.12. The predicted molar refractivity (Wildman–Crippen MR) is 62.1 cm³/mol. The Morgan fingerprint density at radius 2 is 1.93 bits per heavy atom. The summed E-state index contributed by atoms with van der Waals surface area (Å²) >= 11 is 5.36. The highest BCUT2D eigenvalue weighted by molar-refractivity contribution is 6.17. The van der Waals surface area contributed by atoms with Crippen LogP contribution >= 0.6 is 11.6 Å². The maximum Gasteiger partial charge on any atom is 0.345 e. The SMILES string of the molecule is C[N+](C)(C)c1ccccc1C(=O)OCCl. The number of carbonyl (C=O) groups is 1. The molecule has 0 amide bonds. The summed E-state index contributed by atoms with van der Waals surface area (Å²) < 4.78 is 5.34. The van der Waals surface area contributed by atoms with Crippen molar-refractivity contribution in [3.63, 3.8) is 0 Å². The van der Waals surface area contributed by atoms with Gasteiger partial charge in [0.1, 0.15) is 11.3 Å². The van der Waals surface area contributed by atoms with Crippen LogP contribution in [0.3, 0.4) is 0 Å². The molecule has 0 fully saturated rings. The van der Waals surface area contributed by atoms with Crippen molar-refractivity contribution in [2.24, 2.45) is 0 Å². The van der Waals surface area contributed by atoms with Crippen LogP contribution in [0.5, 0.6) is 0 Å². The van der Waals surface area contributed by atoms with Crippen LogP contribution in [-0.2, 0) is 4.74 Å². The Morgan fingerprint density at radius 1 is 1.33 bits per heavy atom. The van der Waals surface area contributed by atoms with Crippen LogP contribution in [0, 0.1) is 0 Å². The van der Waals surface area contributed by atoms with Crippen molar-refractivity contribution in [2.75, 3.05) is 27.2 Å². The summed E-state index contributed by atoms with van der Waals surface area (Å²) in [6.45, 7) is 0. The first-order valence-corrected chi connectivity index (χ1v) is 5.14. The van der Waals surface area contributed by atoms with Crippen LogP contribution in [0.15, 0.2) is 24.3 Å². The Kier molecular flexibility index (Phi) is 3.72. The van der Waals surface area contributed by atoms with E-state index in [9.17, 15) is 4.79 Å². The number of rotatable bonds is 3. The molecular formula is C11H15ClNO2+. The molecule has 0 aliphatic carbocycles. The molecule has 0 aliphatic heterocycles. The Labute approximate surface area is 94.8 Å². The second kappa shape index (κ2) is 4.64. The summed E-state index contributed by atoms with van der Waals surface area (Å²) in [6, 6.07) is 7.24. The van der Waals surface area contributed by atoms with E-state index in [0.717, 1.165) is 5.69 Å². The molecule has 1 aromatic carbocycles. The molecular weight excluding hydrogens is 214 g/mol. The third-order valence-corrected chi connectivity index (χ3v) is 2.14. The van der Waals surface area contributed by atoms with Crippen LogP contribution in [0.4, 0.5) is 5.69 Å². The highest BCUT2D eigenvalue weighted by atomic mass is 35.5. The smallest absolute Gasteiger partial charge is 0.345 e. The molecule has 0 heterocycles. The van der Waals surface area contributed by atoms with Gasteiger partial charge >= 0.3 is 5.97 Å². The van der Waals surface area contributed by atoms with Crippen molar-refractivity contribution in [2.45, 2.75) is 0 Å². The molecule has 0 N–H and O–H groups in total. The summed E-state index contributed by atoms with van der Waals surface area (Å²) in [7, 11) is 5.98. The van der Waals surface area contributed by atoms with Crippen molar-refractivity contribution in [1.82, 2.24) is 4.48 Å². The second-order valence-corrected chi connectivity index (χ2v) is 4.29. The normalized spacial score (nSPS) is 11.2. The van der Waals surface area contributed by atoms with Crippen LogP contribution in [0.2, 0.25) is 0 Å². The first kappa shape index (κ1) is 12.0. The van der Waals surface area contributed by atoms with Gasteiger partial charge in [0.05, 0.1) is 21.1 Å². The lowest BCUT2D eigenvalue weighted by atomic mass is 10.1. The van der Waals surface area contributed by atoms with Gasteiger partial charge in [-0.3, -0.25) is 4.48 Å². The minimum Gasteiger partial charge on any atom is -0.446 e. The molecule has 0 saturated heterocycles. The highest BCUT2D eigenvalue weighted by Crippen LogP contribution is 2.23. The monoisotopic (exact) mass is 228 g/mol. The summed E-state index contributed by atoms with van der Waals surface area (Å²) in [5.41, 5.74) is 1.47. The number of ether oxygens (including phenoxy) is 1. The molecule has 0 aliphatic rings. The first-order chi connectivity index (χ1) is 6.96. The number of halogens is 1. The number of benzene rings is 1. The van der Waals surface area contributed by atoms with E-state index in [4.69, 9.17) is 16.3 Å². The van der Waals surface area contributed by atoms with Gasteiger partial charge < -0.3 is 4.74 Å². The lowest BCUT2D eigenvalue weighted by Gasteiger charge is -2.25. The van der Waals surface area contributed by atoms with E-state index in [2.05, 4.69) is 0 Å². The van der Waals surface area contributed by atoms with Crippen LogP contribution in [0.25, 0.3) is 0 Å². The Morgan fingerprint density at radius 3 is 2.47 bits per heavy atom. The molecule has 1 rings (SSSR count). The highest BCUT2D eigenvalue weighted by Gasteiger charge is 2.22. The quantitative estimate of drug-likeness (QED) is 0.451. The second-order valence-electron chi connectivity index (χ2n) is 4.07. The zero-order valence-electron chi connectivity index (χ0n) is 9.16. The van der Waals surface area contributed by atoms with E-state index < -0.39 is 0 Å². The van der Waals surface area contributed by atoms with E-state index in [0.29, 0.717) is 10.0 Å². The first-order valence-electron chi connectivity index (χ1n) is 4.61. The van der Waals surface area contributed by atoms with Crippen molar-refractivity contribution < 1.29 is 9.53 Å².